The molecule has 0 saturated heterocycles. The lowest BCUT2D eigenvalue weighted by Crippen LogP contribution is -2.33. The third kappa shape index (κ3) is 6.50. The van der Waals surface area contributed by atoms with E-state index in [2.05, 4.69) is 35.4 Å². The summed E-state index contributed by atoms with van der Waals surface area (Å²) >= 11 is 1.24. The summed E-state index contributed by atoms with van der Waals surface area (Å²) in [5, 5.41) is 7.04. The van der Waals surface area contributed by atoms with E-state index >= 15 is 0 Å². The Morgan fingerprint density at radius 3 is 2.79 bits per heavy atom. The van der Waals surface area contributed by atoms with Gasteiger partial charge in [-0.2, -0.15) is 4.98 Å². The monoisotopic (exact) mass is 544 g/mol. The SMILES string of the molecule is C/N=C(/N)S[C@@](C)(COC)Cc1cc(Nc2nccc3nc(OCc4nc(C)no4)cnc23)cc(F)c1F. The van der Waals surface area contributed by atoms with Crippen molar-refractivity contribution in [3.8, 4) is 5.88 Å². The lowest BCUT2D eigenvalue weighted by molar-refractivity contribution is 0.173. The maximum atomic E-state index is 14.8. The number of hydrogen-bond acceptors (Lipinski definition) is 11. The summed E-state index contributed by atoms with van der Waals surface area (Å²) in [7, 11) is 3.09. The van der Waals surface area contributed by atoms with Crippen LogP contribution in [0.15, 0.2) is 40.1 Å². The Labute approximate surface area is 221 Å². The number of halogens is 2. The van der Waals surface area contributed by atoms with Crippen LogP contribution in [0.3, 0.4) is 0 Å². The molecule has 1 atom stereocenters. The normalized spacial score (nSPS) is 13.5. The summed E-state index contributed by atoms with van der Waals surface area (Å²) in [6.07, 6.45) is 3.07. The maximum Gasteiger partial charge on any atom is 0.264 e. The van der Waals surface area contributed by atoms with Crippen LogP contribution in [0.2, 0.25) is 0 Å². The second-order valence-electron chi connectivity index (χ2n) is 8.54. The van der Waals surface area contributed by atoms with Gasteiger partial charge in [-0.3, -0.25) is 4.99 Å². The summed E-state index contributed by atoms with van der Waals surface area (Å²) in [6, 6.07) is 4.23. The van der Waals surface area contributed by atoms with E-state index in [0.717, 1.165) is 6.07 Å². The molecular weight excluding hydrogens is 518 g/mol. The molecule has 4 rings (SSSR count). The van der Waals surface area contributed by atoms with E-state index in [1.54, 1.807) is 20.0 Å². The highest BCUT2D eigenvalue weighted by Gasteiger charge is 2.29. The molecule has 1 aromatic carbocycles. The van der Waals surface area contributed by atoms with Crippen LogP contribution in [-0.2, 0) is 17.8 Å². The number of hydrogen-bond donors (Lipinski definition) is 2. The van der Waals surface area contributed by atoms with Crippen molar-refractivity contribution in [1.82, 2.24) is 25.1 Å². The van der Waals surface area contributed by atoms with E-state index in [0.29, 0.717) is 33.7 Å². The first-order chi connectivity index (χ1) is 18.2. The van der Waals surface area contributed by atoms with Crippen LogP contribution < -0.4 is 15.8 Å². The number of nitrogens with one attached hydrogen (secondary N) is 1. The number of ether oxygens (including phenoxy) is 2. The molecule has 0 aliphatic heterocycles. The molecule has 14 heteroatoms. The van der Waals surface area contributed by atoms with Crippen LogP contribution in [0.25, 0.3) is 11.0 Å². The molecule has 0 saturated carbocycles. The molecule has 0 aliphatic carbocycles. The second kappa shape index (κ2) is 11.6. The van der Waals surface area contributed by atoms with Gasteiger partial charge in [-0.25, -0.2) is 23.7 Å². The highest BCUT2D eigenvalue weighted by atomic mass is 32.2. The molecular formula is C24H26F2N8O3S. The van der Waals surface area contributed by atoms with Crippen molar-refractivity contribution in [2.75, 3.05) is 26.1 Å². The number of amidine groups is 1. The van der Waals surface area contributed by atoms with E-state index in [1.165, 1.54) is 37.3 Å². The van der Waals surface area contributed by atoms with Crippen LogP contribution in [0.1, 0.15) is 24.2 Å². The van der Waals surface area contributed by atoms with Crippen molar-refractivity contribution in [1.29, 1.82) is 0 Å². The lowest BCUT2D eigenvalue weighted by Gasteiger charge is -2.28. The standard InChI is InChI=1S/C24H26F2N8O3S/c1-13-31-19(37-34-13)11-36-18-10-30-21-17(33-18)5-6-29-22(21)32-15-7-14(20(26)16(25)8-15)9-24(2,12-35-4)38-23(27)28-3/h5-8,10H,9,11-12H2,1-4H3,(H2,27,28)(H,29,32)/t24-/m1/s1. The van der Waals surface area contributed by atoms with Crippen molar-refractivity contribution in [2.45, 2.75) is 31.6 Å². The third-order valence-corrected chi connectivity index (χ3v) is 6.45. The fourth-order valence-corrected chi connectivity index (χ4v) is 4.73. The van der Waals surface area contributed by atoms with Gasteiger partial charge in [0.25, 0.3) is 5.89 Å². The number of fused-ring (bicyclic) bond motifs is 1. The van der Waals surface area contributed by atoms with E-state index in [-0.39, 0.29) is 36.8 Å². The second-order valence-corrected chi connectivity index (χ2v) is 10.1. The predicted molar refractivity (Wildman–Crippen MR) is 139 cm³/mol. The number of anilines is 2. The van der Waals surface area contributed by atoms with Crippen molar-refractivity contribution in [2.24, 2.45) is 10.7 Å². The molecule has 4 aromatic rings. The van der Waals surface area contributed by atoms with Gasteiger partial charge >= 0.3 is 0 Å². The smallest absolute Gasteiger partial charge is 0.264 e. The number of thioether (sulfide) groups is 1. The van der Waals surface area contributed by atoms with Gasteiger partial charge in [-0.05, 0) is 38.0 Å². The Kier molecular flexibility index (Phi) is 8.32. The van der Waals surface area contributed by atoms with Gasteiger partial charge in [0.05, 0.1) is 18.3 Å². The third-order valence-electron chi connectivity index (χ3n) is 5.30. The molecule has 0 bridgehead atoms. The number of benzene rings is 1. The summed E-state index contributed by atoms with van der Waals surface area (Å²) in [4.78, 5) is 21.1. The first-order valence-corrected chi connectivity index (χ1v) is 12.2. The molecule has 11 nitrogen and oxygen atoms in total. The molecule has 0 spiro atoms. The molecule has 3 heterocycles. The quantitative estimate of drug-likeness (QED) is 0.221. The largest absolute Gasteiger partial charge is 0.466 e. The Morgan fingerprint density at radius 2 is 2.08 bits per heavy atom. The molecule has 0 fully saturated rings. The first-order valence-electron chi connectivity index (χ1n) is 11.4. The van der Waals surface area contributed by atoms with Gasteiger partial charge in [0.1, 0.15) is 5.52 Å². The molecule has 0 unspecified atom stereocenters. The zero-order valence-electron chi connectivity index (χ0n) is 21.2. The molecule has 200 valence electrons. The van der Waals surface area contributed by atoms with Gasteiger partial charge in [0, 0.05) is 36.9 Å². The molecule has 3 N–H and O–H groups in total. The number of nitrogens with zero attached hydrogens (tertiary/aromatic N) is 6. The van der Waals surface area contributed by atoms with Crippen molar-refractivity contribution < 1.29 is 22.8 Å². The summed E-state index contributed by atoms with van der Waals surface area (Å²) in [5.41, 5.74) is 7.20. The maximum absolute atomic E-state index is 14.8. The number of aryl methyl sites for hydroxylation is 1. The zero-order valence-corrected chi connectivity index (χ0v) is 22.0. The van der Waals surface area contributed by atoms with Crippen LogP contribution in [0, 0.1) is 18.6 Å². The Hall–Kier alpha value is -3.91. The average molecular weight is 545 g/mol. The summed E-state index contributed by atoms with van der Waals surface area (Å²) in [6.45, 7) is 3.82. The van der Waals surface area contributed by atoms with Crippen molar-refractivity contribution >= 4 is 39.5 Å². The molecule has 0 amide bonds. The number of methoxy groups -OCH3 is 1. The predicted octanol–water partition coefficient (Wildman–Crippen LogP) is 3.94. The number of nitrogens with two attached hydrogens (primary N) is 1. The van der Waals surface area contributed by atoms with E-state index in [1.807, 2.05) is 6.92 Å². The van der Waals surface area contributed by atoms with Gasteiger partial charge in [-0.15, -0.1) is 0 Å². The Balaban J connectivity index is 1.58. The van der Waals surface area contributed by atoms with E-state index in [4.69, 9.17) is 19.7 Å². The van der Waals surface area contributed by atoms with Gasteiger partial charge in [0.15, 0.2) is 35.1 Å². The Bertz CT molecular complexity index is 1470. The minimum atomic E-state index is -1.01. The number of rotatable bonds is 10. The Morgan fingerprint density at radius 1 is 1.26 bits per heavy atom. The highest BCUT2D eigenvalue weighted by molar-refractivity contribution is 8.15. The zero-order chi connectivity index (χ0) is 27.3. The lowest BCUT2D eigenvalue weighted by atomic mass is 9.99. The van der Waals surface area contributed by atoms with E-state index < -0.39 is 16.4 Å². The van der Waals surface area contributed by atoms with Gasteiger partial charge in [-0.1, -0.05) is 16.9 Å². The average Bonchev–Trinajstić information content (AvgIpc) is 3.30. The highest BCUT2D eigenvalue weighted by Crippen LogP contribution is 2.33. The fourth-order valence-electron chi connectivity index (χ4n) is 3.73. The van der Waals surface area contributed by atoms with Crippen LogP contribution >= 0.6 is 11.8 Å². The summed E-state index contributed by atoms with van der Waals surface area (Å²) < 4.78 is 44.7. The number of aromatic nitrogens is 5. The number of aliphatic imine (C=N–C) groups is 1. The van der Waals surface area contributed by atoms with Crippen LogP contribution in [0.5, 0.6) is 5.88 Å². The molecule has 0 aliphatic rings. The topological polar surface area (TPSA) is 146 Å². The first kappa shape index (κ1) is 27.1. The molecule has 38 heavy (non-hydrogen) atoms. The van der Waals surface area contributed by atoms with Gasteiger partial charge in [0.2, 0.25) is 5.88 Å². The fraction of sp³-hybridized carbons (Fsp3) is 0.333. The minimum absolute atomic E-state index is 0.0326. The number of pyridine rings is 1. The van der Waals surface area contributed by atoms with Gasteiger partial charge < -0.3 is 25.0 Å². The molecule has 3 aromatic heterocycles. The van der Waals surface area contributed by atoms with Crippen molar-refractivity contribution in [3.63, 3.8) is 0 Å². The minimum Gasteiger partial charge on any atom is -0.466 e. The van der Waals surface area contributed by atoms with E-state index in [9.17, 15) is 8.78 Å². The van der Waals surface area contributed by atoms with Crippen LogP contribution in [-0.4, -0.2) is 55.8 Å². The summed E-state index contributed by atoms with van der Waals surface area (Å²) in [5.74, 6) is -0.607. The van der Waals surface area contributed by atoms with Crippen molar-refractivity contribution in [3.05, 3.63) is 59.5 Å². The van der Waals surface area contributed by atoms with Crippen LogP contribution in [0.4, 0.5) is 20.3 Å². The molecule has 0 radical (unpaired) electrons.